The van der Waals surface area contributed by atoms with Gasteiger partial charge in [0.05, 0.1) is 0 Å². The van der Waals surface area contributed by atoms with Gasteiger partial charge in [-0.25, -0.2) is 0 Å². The van der Waals surface area contributed by atoms with Crippen LogP contribution in [0, 0.1) is 11.3 Å². The fraction of sp³-hybridized carbons (Fsp3) is 1.00. The van der Waals surface area contributed by atoms with Gasteiger partial charge in [0.2, 0.25) is 0 Å². The predicted molar refractivity (Wildman–Crippen MR) is 65.6 cm³/mol. The Bertz CT molecular complexity index is 135. The van der Waals surface area contributed by atoms with E-state index in [-0.39, 0.29) is 0 Å². The molecule has 0 aromatic heterocycles. The minimum absolute atomic E-state index is 0.387. The highest BCUT2D eigenvalue weighted by atomic mass is 14.9. The van der Waals surface area contributed by atoms with Crippen LogP contribution in [0.3, 0.4) is 0 Å². The average molecular weight is 199 g/mol. The number of hydrogen-bond donors (Lipinski definition) is 1. The molecule has 0 amide bonds. The van der Waals surface area contributed by atoms with E-state index in [0.29, 0.717) is 11.5 Å². The monoisotopic (exact) mass is 199 g/mol. The molecule has 1 nitrogen and oxygen atoms in total. The molecule has 2 unspecified atom stereocenters. The second-order valence-electron chi connectivity index (χ2n) is 5.61. The molecule has 0 aliphatic carbocycles. The molecule has 14 heavy (non-hydrogen) atoms. The second kappa shape index (κ2) is 6.44. The molecule has 0 fully saturated rings. The molecule has 0 radical (unpaired) electrons. The van der Waals surface area contributed by atoms with E-state index in [9.17, 15) is 0 Å². The topological polar surface area (TPSA) is 12.0 Å². The van der Waals surface area contributed by atoms with Crippen molar-refractivity contribution in [1.82, 2.24) is 5.32 Å². The van der Waals surface area contributed by atoms with Crippen LogP contribution in [0.15, 0.2) is 0 Å². The number of hydrogen-bond acceptors (Lipinski definition) is 1. The summed E-state index contributed by atoms with van der Waals surface area (Å²) in [7, 11) is 0. The molecule has 0 heterocycles. The molecule has 2 atom stereocenters. The molecule has 0 bridgehead atoms. The Labute approximate surface area is 90.7 Å². The van der Waals surface area contributed by atoms with Gasteiger partial charge in [-0.2, -0.15) is 0 Å². The van der Waals surface area contributed by atoms with Crippen molar-refractivity contribution in [3.63, 3.8) is 0 Å². The Hall–Kier alpha value is -0.0400. The standard InChI is InChI=1S/C13H29N/c1-7-9-11(3)10-12(14-8-2)13(4,5)6/h11-12,14H,7-10H2,1-6H3. The van der Waals surface area contributed by atoms with Crippen molar-refractivity contribution in [2.45, 2.75) is 66.8 Å². The summed E-state index contributed by atoms with van der Waals surface area (Å²) in [6, 6.07) is 0.661. The Kier molecular flexibility index (Phi) is 6.43. The lowest BCUT2D eigenvalue weighted by atomic mass is 9.81. The third-order valence-electron chi connectivity index (χ3n) is 2.92. The van der Waals surface area contributed by atoms with Gasteiger partial charge in [-0.1, -0.05) is 54.4 Å². The zero-order valence-corrected chi connectivity index (χ0v) is 11.0. The van der Waals surface area contributed by atoms with Gasteiger partial charge >= 0.3 is 0 Å². The van der Waals surface area contributed by atoms with Crippen LogP contribution < -0.4 is 5.32 Å². The summed E-state index contributed by atoms with van der Waals surface area (Å²) < 4.78 is 0. The van der Waals surface area contributed by atoms with E-state index in [0.717, 1.165) is 12.5 Å². The van der Waals surface area contributed by atoms with E-state index in [1.165, 1.54) is 19.3 Å². The predicted octanol–water partition coefficient (Wildman–Crippen LogP) is 3.84. The first-order valence-corrected chi connectivity index (χ1v) is 6.15. The lowest BCUT2D eigenvalue weighted by Crippen LogP contribution is -2.41. The van der Waals surface area contributed by atoms with Gasteiger partial charge in [-0.15, -0.1) is 0 Å². The Balaban J connectivity index is 4.09. The molecular weight excluding hydrogens is 170 g/mol. The van der Waals surface area contributed by atoms with Crippen molar-refractivity contribution in [3.05, 3.63) is 0 Å². The van der Waals surface area contributed by atoms with Crippen molar-refractivity contribution in [2.24, 2.45) is 11.3 Å². The van der Waals surface area contributed by atoms with Crippen LogP contribution >= 0.6 is 0 Å². The third-order valence-corrected chi connectivity index (χ3v) is 2.92. The van der Waals surface area contributed by atoms with E-state index in [2.05, 4.69) is 46.9 Å². The summed E-state index contributed by atoms with van der Waals surface area (Å²) in [5.74, 6) is 0.850. The Morgan fingerprint density at radius 3 is 2.07 bits per heavy atom. The molecule has 1 N–H and O–H groups in total. The fourth-order valence-corrected chi connectivity index (χ4v) is 2.00. The molecule has 86 valence electrons. The van der Waals surface area contributed by atoms with Crippen LogP contribution in [-0.2, 0) is 0 Å². The zero-order chi connectivity index (χ0) is 11.2. The first-order valence-electron chi connectivity index (χ1n) is 6.15. The van der Waals surface area contributed by atoms with Crippen LogP contribution in [0.1, 0.15) is 60.8 Å². The molecular formula is C13H29N. The Morgan fingerprint density at radius 1 is 1.14 bits per heavy atom. The maximum Gasteiger partial charge on any atom is 0.0118 e. The van der Waals surface area contributed by atoms with Gasteiger partial charge in [0.1, 0.15) is 0 Å². The van der Waals surface area contributed by atoms with Crippen LogP contribution in [0.2, 0.25) is 0 Å². The molecule has 0 spiro atoms. The molecule has 0 saturated carbocycles. The van der Waals surface area contributed by atoms with Crippen molar-refractivity contribution < 1.29 is 0 Å². The fourth-order valence-electron chi connectivity index (χ4n) is 2.00. The van der Waals surface area contributed by atoms with E-state index in [1.54, 1.807) is 0 Å². The smallest absolute Gasteiger partial charge is 0.0118 e. The van der Waals surface area contributed by atoms with E-state index < -0.39 is 0 Å². The quantitative estimate of drug-likeness (QED) is 0.685. The zero-order valence-electron chi connectivity index (χ0n) is 11.0. The highest BCUT2D eigenvalue weighted by Gasteiger charge is 2.24. The maximum atomic E-state index is 3.61. The van der Waals surface area contributed by atoms with Crippen molar-refractivity contribution >= 4 is 0 Å². The second-order valence-corrected chi connectivity index (χ2v) is 5.61. The maximum absolute atomic E-state index is 3.61. The molecule has 0 saturated heterocycles. The molecule has 1 heteroatoms. The third kappa shape index (κ3) is 5.64. The number of rotatable bonds is 6. The van der Waals surface area contributed by atoms with Crippen molar-refractivity contribution in [2.75, 3.05) is 6.54 Å². The van der Waals surface area contributed by atoms with Crippen LogP contribution in [0.5, 0.6) is 0 Å². The Morgan fingerprint density at radius 2 is 1.71 bits per heavy atom. The van der Waals surface area contributed by atoms with Crippen molar-refractivity contribution in [1.29, 1.82) is 0 Å². The van der Waals surface area contributed by atoms with Gasteiger partial charge in [-0.3, -0.25) is 0 Å². The average Bonchev–Trinajstić information content (AvgIpc) is 2.02. The van der Waals surface area contributed by atoms with Crippen molar-refractivity contribution in [3.8, 4) is 0 Å². The minimum Gasteiger partial charge on any atom is -0.314 e. The van der Waals surface area contributed by atoms with Crippen LogP contribution in [0.25, 0.3) is 0 Å². The number of nitrogens with one attached hydrogen (secondary N) is 1. The highest BCUT2D eigenvalue weighted by molar-refractivity contribution is 4.81. The molecule has 0 aromatic rings. The lowest BCUT2D eigenvalue weighted by molar-refractivity contribution is 0.228. The first kappa shape index (κ1) is 14.0. The van der Waals surface area contributed by atoms with Gasteiger partial charge in [0, 0.05) is 6.04 Å². The summed E-state index contributed by atoms with van der Waals surface area (Å²) in [5, 5.41) is 3.61. The first-order chi connectivity index (χ1) is 6.41. The molecule has 0 aliphatic rings. The minimum atomic E-state index is 0.387. The lowest BCUT2D eigenvalue weighted by Gasteiger charge is -2.33. The highest BCUT2D eigenvalue weighted by Crippen LogP contribution is 2.26. The van der Waals surface area contributed by atoms with E-state index in [4.69, 9.17) is 0 Å². The SMILES string of the molecule is CCCC(C)CC(NCC)C(C)(C)C. The van der Waals surface area contributed by atoms with Gasteiger partial charge < -0.3 is 5.32 Å². The van der Waals surface area contributed by atoms with Gasteiger partial charge in [0.25, 0.3) is 0 Å². The van der Waals surface area contributed by atoms with Gasteiger partial charge in [0.15, 0.2) is 0 Å². The molecule has 0 rings (SSSR count). The summed E-state index contributed by atoms with van der Waals surface area (Å²) in [4.78, 5) is 0. The summed E-state index contributed by atoms with van der Waals surface area (Å²) in [5.41, 5.74) is 0.387. The summed E-state index contributed by atoms with van der Waals surface area (Å²) >= 11 is 0. The van der Waals surface area contributed by atoms with E-state index >= 15 is 0 Å². The normalized spacial score (nSPS) is 16.7. The molecule has 0 aromatic carbocycles. The largest absolute Gasteiger partial charge is 0.314 e. The van der Waals surface area contributed by atoms with Crippen LogP contribution in [0.4, 0.5) is 0 Å². The van der Waals surface area contributed by atoms with Crippen LogP contribution in [-0.4, -0.2) is 12.6 Å². The molecule has 0 aliphatic heterocycles. The van der Waals surface area contributed by atoms with E-state index in [1.807, 2.05) is 0 Å². The summed E-state index contributed by atoms with van der Waals surface area (Å²) in [6.07, 6.45) is 3.98. The summed E-state index contributed by atoms with van der Waals surface area (Å²) in [6.45, 7) is 14.9. The van der Waals surface area contributed by atoms with Gasteiger partial charge in [-0.05, 0) is 24.3 Å².